The predicted molar refractivity (Wildman–Crippen MR) is 390 cm³/mol. The third kappa shape index (κ3) is 34.2. The summed E-state index contributed by atoms with van der Waals surface area (Å²) in [4.78, 5) is 193. The lowest BCUT2D eigenvalue weighted by Crippen LogP contribution is -2.67. The number of carboxylic acids is 1. The molecule has 0 unspecified atom stereocenters. The third-order valence-corrected chi connectivity index (χ3v) is 17.0. The van der Waals surface area contributed by atoms with E-state index in [0.29, 0.717) is 90.1 Å². The molecule has 0 aromatic heterocycles. The number of rotatable bonds is 51. The van der Waals surface area contributed by atoms with Crippen molar-refractivity contribution in [2.24, 2.45) is 40.1 Å². The quantitative estimate of drug-likeness (QED) is 0.0266. The van der Waals surface area contributed by atoms with Gasteiger partial charge in [0.05, 0.1) is 5.54 Å². The van der Waals surface area contributed by atoms with Gasteiger partial charge in [-0.2, -0.15) is 0 Å². The van der Waals surface area contributed by atoms with Crippen molar-refractivity contribution in [2.45, 2.75) is 307 Å². The van der Waals surface area contributed by atoms with Crippen molar-refractivity contribution in [1.82, 2.24) is 69.1 Å². The highest BCUT2D eigenvalue weighted by Gasteiger charge is 2.45. The van der Waals surface area contributed by atoms with Gasteiger partial charge in [0.15, 0.2) is 0 Å². The number of nitrogens with one attached hydrogen (secondary N) is 13. The van der Waals surface area contributed by atoms with E-state index in [1.54, 1.807) is 0 Å². The normalized spacial score (nSPS) is 14.1. The second-order valence-electron chi connectivity index (χ2n) is 30.7. The molecule has 0 aliphatic rings. The van der Waals surface area contributed by atoms with Crippen LogP contribution in [0, 0.1) is 0 Å². The summed E-state index contributed by atoms with van der Waals surface area (Å²) in [7, 11) is 0. The minimum atomic E-state index is -1.81. The Balaban J connectivity index is 6.63. The summed E-state index contributed by atoms with van der Waals surface area (Å²) in [5.74, 6) is -11.6. The Morgan fingerprint density at radius 1 is 0.243 bits per heavy atom. The van der Waals surface area contributed by atoms with Crippen LogP contribution in [0.25, 0.3) is 0 Å². The molecule has 0 bridgehead atoms. The molecule has 6 atom stereocenters. The first-order valence-electron chi connectivity index (χ1n) is 35.7. The maximum atomic E-state index is 14.3. The van der Waals surface area contributed by atoms with Crippen LogP contribution in [0.2, 0.25) is 0 Å². The number of unbranched alkanes of at least 4 members (excludes halogenated alkanes) is 6. The van der Waals surface area contributed by atoms with Gasteiger partial charge in [0.25, 0.3) is 0 Å². The standard InChI is InChI=1S/C68H130N20O15/c1-61(2,75)53(96)85-62(3,4)54(97)78-41(29-17-23-35-69)47(89)76-43(31-19-25-37-71)49(91)82-66(11,12)58(101)87-64(7,8)56(99)80-45(33-21-27-39-73)51(93)84-68(15,16)60(103)86-63(5,6)55(98)79-42(30-18-24-36-70)48(90)77-44(32-20-26-38-72)50(92)83-67(13,14)59(102)88-65(9,10)57(100)81-46(52(94)95)34-22-28-40-74/h41-46H,17-40,69-75H2,1-16H3,(H,76,89)(H,77,90)(H,78,97)(H,79,98)(H,80,99)(H,81,100)(H,82,91)(H,83,92)(H,84,93)(H,85,96)(H,86,103)(H,87,101)(H,88,102)(H,94,95)/t41-,42+,43+,44-,45-,46+/m0/s1. The lowest BCUT2D eigenvalue weighted by Gasteiger charge is -2.35. The molecule has 0 radical (unpaired) electrons. The van der Waals surface area contributed by atoms with Gasteiger partial charge >= 0.3 is 5.97 Å². The number of carbonyl (C=O) groups is 14. The second kappa shape index (κ2) is 43.5. The van der Waals surface area contributed by atoms with Gasteiger partial charge in [0, 0.05) is 0 Å². The number of nitrogens with two attached hydrogens (primary N) is 7. The van der Waals surface area contributed by atoms with Crippen LogP contribution in [0.1, 0.15) is 226 Å². The van der Waals surface area contributed by atoms with E-state index < -0.39 is 163 Å². The fourth-order valence-electron chi connectivity index (χ4n) is 9.81. The van der Waals surface area contributed by atoms with Gasteiger partial charge in [-0.25, -0.2) is 4.79 Å². The van der Waals surface area contributed by atoms with Crippen molar-refractivity contribution in [2.75, 3.05) is 39.3 Å². The zero-order valence-corrected chi connectivity index (χ0v) is 64.1. The maximum absolute atomic E-state index is 14.3. The molecule has 0 aliphatic heterocycles. The maximum Gasteiger partial charge on any atom is 0.326 e. The number of amides is 13. The van der Waals surface area contributed by atoms with Crippen LogP contribution < -0.4 is 109 Å². The summed E-state index contributed by atoms with van der Waals surface area (Å²) in [5, 5.41) is 44.0. The van der Waals surface area contributed by atoms with Crippen LogP contribution in [0.5, 0.6) is 0 Å². The molecule has 0 saturated heterocycles. The minimum Gasteiger partial charge on any atom is -0.480 e. The van der Waals surface area contributed by atoms with Crippen molar-refractivity contribution in [1.29, 1.82) is 0 Å². The first-order valence-corrected chi connectivity index (χ1v) is 35.7. The Bertz CT molecular complexity index is 2860. The summed E-state index contributed by atoms with van der Waals surface area (Å²) in [6.45, 7) is 23.7. The first kappa shape index (κ1) is 95.3. The van der Waals surface area contributed by atoms with E-state index in [2.05, 4.69) is 69.1 Å². The largest absolute Gasteiger partial charge is 0.480 e. The van der Waals surface area contributed by atoms with Crippen LogP contribution in [0.3, 0.4) is 0 Å². The van der Waals surface area contributed by atoms with Gasteiger partial charge in [-0.05, 0) is 266 Å². The van der Waals surface area contributed by atoms with E-state index in [1.165, 1.54) is 111 Å². The highest BCUT2D eigenvalue weighted by atomic mass is 16.4. The Hall–Kier alpha value is -7.70. The van der Waals surface area contributed by atoms with Crippen LogP contribution in [0.15, 0.2) is 0 Å². The highest BCUT2D eigenvalue weighted by Crippen LogP contribution is 2.19. The molecule has 0 saturated carbocycles. The molecule has 103 heavy (non-hydrogen) atoms. The zero-order valence-electron chi connectivity index (χ0n) is 64.1. The highest BCUT2D eigenvalue weighted by molar-refractivity contribution is 6.03. The van der Waals surface area contributed by atoms with E-state index in [4.69, 9.17) is 40.1 Å². The van der Waals surface area contributed by atoms with Crippen molar-refractivity contribution in [3.05, 3.63) is 0 Å². The molecular formula is C68H130N20O15. The number of hydrogen-bond acceptors (Lipinski definition) is 21. The van der Waals surface area contributed by atoms with Gasteiger partial charge in [-0.1, -0.05) is 0 Å². The van der Waals surface area contributed by atoms with E-state index in [9.17, 15) is 72.2 Å². The molecule has 0 rings (SSSR count). The van der Waals surface area contributed by atoms with E-state index in [1.807, 2.05) is 0 Å². The molecule has 0 aromatic carbocycles. The lowest BCUT2D eigenvalue weighted by molar-refractivity contribution is -0.144. The van der Waals surface area contributed by atoms with Gasteiger partial charge < -0.3 is 114 Å². The van der Waals surface area contributed by atoms with Crippen LogP contribution in [-0.4, -0.2) is 208 Å². The van der Waals surface area contributed by atoms with Gasteiger partial charge in [0.2, 0.25) is 76.8 Å². The Morgan fingerprint density at radius 3 is 0.621 bits per heavy atom. The molecule has 13 amide bonds. The average Bonchev–Trinajstić information content (AvgIpc) is 0.827. The van der Waals surface area contributed by atoms with Crippen LogP contribution in [-0.2, 0) is 67.1 Å². The molecule has 0 aromatic rings. The van der Waals surface area contributed by atoms with Gasteiger partial charge in [-0.15, -0.1) is 0 Å². The fraction of sp³-hybridized carbons (Fsp3) is 0.794. The second-order valence-corrected chi connectivity index (χ2v) is 30.7. The molecule has 0 fully saturated rings. The number of aliphatic carboxylic acids is 1. The molecule has 0 aliphatic carbocycles. The summed E-state index contributed by atoms with van der Waals surface area (Å²) in [5.41, 5.74) is 26.9. The molecule has 28 N–H and O–H groups in total. The molecular weight excluding hydrogens is 1340 g/mol. The van der Waals surface area contributed by atoms with Gasteiger partial charge in [-0.3, -0.25) is 62.3 Å². The Labute approximate surface area is 608 Å². The number of carboxylic acid groups (broad SMARTS) is 1. The zero-order chi connectivity index (χ0) is 79.7. The fourth-order valence-corrected chi connectivity index (χ4v) is 9.81. The predicted octanol–water partition coefficient (Wildman–Crippen LogP) is -3.25. The summed E-state index contributed by atoms with van der Waals surface area (Å²) >= 11 is 0. The monoisotopic (exact) mass is 1470 g/mol. The van der Waals surface area contributed by atoms with Crippen molar-refractivity contribution >= 4 is 82.8 Å². The first-order chi connectivity index (χ1) is 47.4. The van der Waals surface area contributed by atoms with Gasteiger partial charge in [0.1, 0.15) is 75.0 Å². The Kier molecular flexibility index (Phi) is 40.3. The van der Waals surface area contributed by atoms with Crippen molar-refractivity contribution in [3.63, 3.8) is 0 Å². The molecule has 35 heteroatoms. The van der Waals surface area contributed by atoms with E-state index in [-0.39, 0.29) is 64.7 Å². The van der Waals surface area contributed by atoms with Crippen LogP contribution >= 0.6 is 0 Å². The molecule has 0 spiro atoms. The summed E-state index contributed by atoms with van der Waals surface area (Å²) < 4.78 is 0. The summed E-state index contributed by atoms with van der Waals surface area (Å²) in [6.07, 6.45) is 5.30. The molecule has 35 nitrogen and oxygen atoms in total. The van der Waals surface area contributed by atoms with Crippen LogP contribution in [0.4, 0.5) is 0 Å². The van der Waals surface area contributed by atoms with E-state index in [0.717, 1.165) is 0 Å². The Morgan fingerprint density at radius 2 is 0.417 bits per heavy atom. The number of hydrogen-bond donors (Lipinski definition) is 21. The summed E-state index contributed by atoms with van der Waals surface area (Å²) in [6, 6.07) is -7.67. The van der Waals surface area contributed by atoms with Crippen molar-refractivity contribution < 1.29 is 72.2 Å². The van der Waals surface area contributed by atoms with E-state index >= 15 is 0 Å². The molecule has 0 heterocycles. The number of carbonyl (C=O) groups excluding carboxylic acids is 13. The average molecular weight is 1470 g/mol. The molecule has 592 valence electrons. The minimum absolute atomic E-state index is 0.00503. The smallest absolute Gasteiger partial charge is 0.326 e. The third-order valence-electron chi connectivity index (χ3n) is 17.0. The topological polar surface area (TPSA) is 598 Å². The lowest BCUT2D eigenvalue weighted by atomic mass is 9.96. The van der Waals surface area contributed by atoms with Crippen molar-refractivity contribution in [3.8, 4) is 0 Å². The SMILES string of the molecule is CC(C)(N)C(=O)NC(C)(C)C(=O)N[C@@H](CCCCN)C(=O)N[C@H](CCCCN)C(=O)NC(C)(C)C(=O)NC(C)(C)C(=O)N[C@@H](CCCCN)C(=O)NC(C)(C)C(=O)NC(C)(C)C(=O)N[C@H](CCCCN)C(=O)N[C@@H](CCCCN)C(=O)NC(C)(C)C(=O)NC(C)(C)C(=O)N[C@H](CCCCN)C(=O)O.